The Kier molecular flexibility index (Phi) is 4.33. The van der Waals surface area contributed by atoms with E-state index in [9.17, 15) is 0 Å². The minimum atomic E-state index is -0.132. The van der Waals surface area contributed by atoms with Crippen LogP contribution in [0.5, 0.6) is 11.5 Å². The molecule has 1 N–H and O–H groups in total. The fourth-order valence-corrected chi connectivity index (χ4v) is 3.10. The van der Waals surface area contributed by atoms with E-state index < -0.39 is 0 Å². The van der Waals surface area contributed by atoms with Crippen LogP contribution in [0.4, 0.5) is 17.5 Å². The molecule has 1 aromatic carbocycles. The Balaban J connectivity index is 1.62. The van der Waals surface area contributed by atoms with Gasteiger partial charge in [-0.1, -0.05) is 0 Å². The molecule has 0 saturated heterocycles. The zero-order valence-electron chi connectivity index (χ0n) is 16.7. The molecule has 0 bridgehead atoms. The van der Waals surface area contributed by atoms with Gasteiger partial charge < -0.3 is 19.7 Å². The average molecular weight is 380 g/mol. The summed E-state index contributed by atoms with van der Waals surface area (Å²) in [7, 11) is 5.56. The number of benzene rings is 1. The molecule has 0 fully saturated rings. The monoisotopic (exact) mass is 380 g/mol. The number of hydrogen-bond acceptors (Lipinski definition) is 7. The first kappa shape index (κ1) is 18.1. The van der Waals surface area contributed by atoms with Crippen molar-refractivity contribution < 1.29 is 9.47 Å². The summed E-state index contributed by atoms with van der Waals surface area (Å²) in [5.41, 5.74) is 2.68. The number of nitrogens with zero attached hydrogens (tertiary/aromatic N) is 5. The largest absolute Gasteiger partial charge is 0.496 e. The number of fused-ring (bicyclic) bond motifs is 1. The van der Waals surface area contributed by atoms with Crippen molar-refractivity contribution >= 4 is 17.5 Å². The van der Waals surface area contributed by atoms with Crippen molar-refractivity contribution in [1.29, 1.82) is 0 Å². The average Bonchev–Trinajstić information content (AvgIpc) is 3.11. The van der Waals surface area contributed by atoms with Gasteiger partial charge in [0.05, 0.1) is 25.0 Å². The molecule has 0 radical (unpaired) electrons. The number of methoxy groups -OCH3 is 1. The quantitative estimate of drug-likeness (QED) is 0.744. The highest BCUT2D eigenvalue weighted by Crippen LogP contribution is 2.36. The standard InChI is InChI=1S/C20H24N6O2/c1-20(2)12-28-17-10-21-19(24-18(17)26(20)4)23-14-6-7-15(16(8-14)27-5)13-9-22-25(3)11-13/h6-11H,12H2,1-5H3,(H,21,23,24). The Bertz CT molecular complexity index is 1010. The molecular weight excluding hydrogens is 356 g/mol. The number of hydrogen-bond donors (Lipinski definition) is 1. The maximum absolute atomic E-state index is 5.80. The Morgan fingerprint density at radius 2 is 2.04 bits per heavy atom. The second kappa shape index (κ2) is 6.70. The molecule has 3 heterocycles. The van der Waals surface area contributed by atoms with E-state index in [1.54, 1.807) is 18.0 Å². The number of nitrogens with one attached hydrogen (secondary N) is 1. The van der Waals surface area contributed by atoms with Gasteiger partial charge in [-0.15, -0.1) is 0 Å². The minimum absolute atomic E-state index is 0.132. The summed E-state index contributed by atoms with van der Waals surface area (Å²) < 4.78 is 13.1. The third-order valence-electron chi connectivity index (χ3n) is 5.02. The van der Waals surface area contributed by atoms with Gasteiger partial charge in [0.15, 0.2) is 11.6 Å². The van der Waals surface area contributed by atoms with Gasteiger partial charge in [-0.3, -0.25) is 4.68 Å². The summed E-state index contributed by atoms with van der Waals surface area (Å²) >= 11 is 0. The normalized spacial score (nSPS) is 15.0. The number of likely N-dealkylation sites (N-methyl/N-ethyl adjacent to an activating group) is 1. The molecule has 0 aliphatic carbocycles. The third kappa shape index (κ3) is 3.21. The second-order valence-corrected chi connectivity index (χ2v) is 7.48. The molecule has 4 rings (SSSR count). The zero-order chi connectivity index (χ0) is 19.9. The molecule has 146 valence electrons. The van der Waals surface area contributed by atoms with Gasteiger partial charge in [-0.05, 0) is 26.0 Å². The number of ether oxygens (including phenoxy) is 2. The van der Waals surface area contributed by atoms with E-state index in [4.69, 9.17) is 9.47 Å². The van der Waals surface area contributed by atoms with Crippen molar-refractivity contribution in [2.75, 3.05) is 31.0 Å². The highest BCUT2D eigenvalue weighted by atomic mass is 16.5. The van der Waals surface area contributed by atoms with Gasteiger partial charge in [0, 0.05) is 43.2 Å². The first-order valence-electron chi connectivity index (χ1n) is 9.05. The van der Waals surface area contributed by atoms with Gasteiger partial charge in [0.25, 0.3) is 0 Å². The van der Waals surface area contributed by atoms with E-state index in [0.29, 0.717) is 18.3 Å². The molecule has 1 aliphatic rings. The number of aromatic nitrogens is 4. The summed E-state index contributed by atoms with van der Waals surface area (Å²) in [5, 5.41) is 7.48. The van der Waals surface area contributed by atoms with Gasteiger partial charge in [0.2, 0.25) is 5.95 Å². The van der Waals surface area contributed by atoms with Crippen LogP contribution in [0.3, 0.4) is 0 Å². The topological polar surface area (TPSA) is 77.3 Å². The van der Waals surface area contributed by atoms with Gasteiger partial charge in [0.1, 0.15) is 12.4 Å². The molecule has 28 heavy (non-hydrogen) atoms. The van der Waals surface area contributed by atoms with Gasteiger partial charge in [-0.25, -0.2) is 4.98 Å². The van der Waals surface area contributed by atoms with E-state index in [0.717, 1.165) is 28.4 Å². The lowest BCUT2D eigenvalue weighted by Crippen LogP contribution is -2.49. The van der Waals surface area contributed by atoms with Crippen LogP contribution in [-0.4, -0.2) is 46.1 Å². The fraction of sp³-hybridized carbons (Fsp3) is 0.350. The highest BCUT2D eigenvalue weighted by Gasteiger charge is 2.33. The molecule has 8 nitrogen and oxygen atoms in total. The van der Waals surface area contributed by atoms with Crippen molar-refractivity contribution in [2.45, 2.75) is 19.4 Å². The summed E-state index contributed by atoms with van der Waals surface area (Å²) in [6.07, 6.45) is 5.47. The SMILES string of the molecule is COc1cc(Nc2ncc3c(n2)N(C)C(C)(C)CO3)ccc1-c1cnn(C)c1. The lowest BCUT2D eigenvalue weighted by molar-refractivity contribution is 0.215. The van der Waals surface area contributed by atoms with Crippen LogP contribution >= 0.6 is 0 Å². The van der Waals surface area contributed by atoms with Gasteiger partial charge >= 0.3 is 0 Å². The van der Waals surface area contributed by atoms with Crippen LogP contribution in [0.1, 0.15) is 13.8 Å². The smallest absolute Gasteiger partial charge is 0.229 e. The van der Waals surface area contributed by atoms with Crippen LogP contribution in [0.2, 0.25) is 0 Å². The lowest BCUT2D eigenvalue weighted by Gasteiger charge is -2.40. The zero-order valence-corrected chi connectivity index (χ0v) is 16.7. The Labute approximate surface area is 164 Å². The van der Waals surface area contributed by atoms with Crippen LogP contribution < -0.4 is 19.7 Å². The van der Waals surface area contributed by atoms with E-state index in [2.05, 4.69) is 39.1 Å². The van der Waals surface area contributed by atoms with E-state index >= 15 is 0 Å². The van der Waals surface area contributed by atoms with Crippen molar-refractivity contribution in [3.05, 3.63) is 36.8 Å². The van der Waals surface area contributed by atoms with Crippen molar-refractivity contribution in [2.24, 2.45) is 7.05 Å². The van der Waals surface area contributed by atoms with E-state index in [1.165, 1.54) is 0 Å². The van der Waals surface area contributed by atoms with E-state index in [1.807, 2.05) is 44.7 Å². The predicted molar refractivity (Wildman–Crippen MR) is 108 cm³/mol. The molecule has 0 unspecified atom stereocenters. The summed E-state index contributed by atoms with van der Waals surface area (Å²) in [5.74, 6) is 2.71. The summed E-state index contributed by atoms with van der Waals surface area (Å²) in [6, 6.07) is 5.89. The minimum Gasteiger partial charge on any atom is -0.496 e. The van der Waals surface area contributed by atoms with Crippen LogP contribution in [-0.2, 0) is 7.05 Å². The number of aryl methyl sites for hydroxylation is 1. The number of rotatable bonds is 4. The summed E-state index contributed by atoms with van der Waals surface area (Å²) in [4.78, 5) is 11.1. The first-order valence-corrected chi connectivity index (χ1v) is 9.05. The Hall–Kier alpha value is -3.29. The lowest BCUT2D eigenvalue weighted by atomic mass is 10.0. The predicted octanol–water partition coefficient (Wildman–Crippen LogP) is 3.24. The molecule has 0 atom stereocenters. The molecule has 0 saturated carbocycles. The molecule has 0 amide bonds. The maximum Gasteiger partial charge on any atom is 0.229 e. The molecule has 0 spiro atoms. The maximum atomic E-state index is 5.80. The highest BCUT2D eigenvalue weighted by molar-refractivity contribution is 5.74. The summed E-state index contributed by atoms with van der Waals surface area (Å²) in [6.45, 7) is 4.83. The van der Waals surface area contributed by atoms with Gasteiger partial charge in [-0.2, -0.15) is 10.1 Å². The Morgan fingerprint density at radius 1 is 1.21 bits per heavy atom. The molecule has 3 aromatic rings. The van der Waals surface area contributed by atoms with Crippen LogP contribution in [0.25, 0.3) is 11.1 Å². The fourth-order valence-electron chi connectivity index (χ4n) is 3.10. The van der Waals surface area contributed by atoms with Crippen LogP contribution in [0.15, 0.2) is 36.8 Å². The molecule has 2 aromatic heterocycles. The first-order chi connectivity index (χ1) is 13.4. The van der Waals surface area contributed by atoms with Crippen LogP contribution in [0, 0.1) is 0 Å². The Morgan fingerprint density at radius 3 is 2.75 bits per heavy atom. The third-order valence-corrected chi connectivity index (χ3v) is 5.02. The van der Waals surface area contributed by atoms with E-state index in [-0.39, 0.29) is 5.54 Å². The van der Waals surface area contributed by atoms with Crippen molar-refractivity contribution in [3.8, 4) is 22.6 Å². The molecular formula is C20H24N6O2. The van der Waals surface area contributed by atoms with Crippen molar-refractivity contribution in [3.63, 3.8) is 0 Å². The van der Waals surface area contributed by atoms with Crippen molar-refractivity contribution in [1.82, 2.24) is 19.7 Å². The number of anilines is 3. The molecule has 8 heteroatoms. The molecule has 1 aliphatic heterocycles. The second-order valence-electron chi connectivity index (χ2n) is 7.48.